The van der Waals surface area contributed by atoms with E-state index in [9.17, 15) is 17.6 Å². The van der Waals surface area contributed by atoms with Crippen molar-refractivity contribution in [2.45, 2.75) is 11.3 Å². The molecule has 1 aromatic rings. The monoisotopic (exact) mass is 338 g/mol. The smallest absolute Gasteiger partial charge is 0.255 e. The topological polar surface area (TPSA) is 89.7 Å². The number of methoxy groups -OCH3 is 1. The molecule has 0 spiro atoms. The van der Waals surface area contributed by atoms with E-state index in [1.165, 1.54) is 19.1 Å². The fourth-order valence-corrected chi connectivity index (χ4v) is 2.38. The highest BCUT2D eigenvalue weighted by Gasteiger charge is 2.22. The Morgan fingerprint density at radius 2 is 2.10 bits per heavy atom. The van der Waals surface area contributed by atoms with Gasteiger partial charge in [-0.05, 0) is 18.6 Å². The van der Waals surface area contributed by atoms with Crippen molar-refractivity contribution in [1.82, 2.24) is 4.90 Å². The van der Waals surface area contributed by atoms with Crippen molar-refractivity contribution in [2.75, 3.05) is 27.3 Å². The van der Waals surface area contributed by atoms with Gasteiger partial charge in [-0.25, -0.2) is 17.9 Å². The van der Waals surface area contributed by atoms with Crippen LogP contribution in [0, 0.1) is 5.82 Å². The predicted octanol–water partition coefficient (Wildman–Crippen LogP) is 1.24. The van der Waals surface area contributed by atoms with Crippen molar-refractivity contribution in [1.29, 1.82) is 0 Å². The second-order valence-electron chi connectivity index (χ2n) is 4.38. The zero-order valence-corrected chi connectivity index (χ0v) is 13.2. The molecule has 6 nitrogen and oxygen atoms in total. The van der Waals surface area contributed by atoms with Crippen LogP contribution >= 0.6 is 11.6 Å². The van der Waals surface area contributed by atoms with Gasteiger partial charge in [-0.3, -0.25) is 4.79 Å². The maximum absolute atomic E-state index is 13.7. The first kappa shape index (κ1) is 17.8. The van der Waals surface area contributed by atoms with E-state index in [1.807, 2.05) is 0 Å². The molecule has 0 aromatic heterocycles. The van der Waals surface area contributed by atoms with Gasteiger partial charge in [-0.15, -0.1) is 0 Å². The summed E-state index contributed by atoms with van der Waals surface area (Å²) in [5, 5.41) is 4.50. The van der Waals surface area contributed by atoms with Gasteiger partial charge in [0.25, 0.3) is 5.91 Å². The Balaban J connectivity index is 3.11. The summed E-state index contributed by atoms with van der Waals surface area (Å²) in [5.74, 6) is -1.61. The van der Waals surface area contributed by atoms with Crippen LogP contribution in [0.5, 0.6) is 0 Å². The van der Waals surface area contributed by atoms with Gasteiger partial charge in [0.15, 0.2) is 0 Å². The Hall–Kier alpha value is -1.22. The van der Waals surface area contributed by atoms with Gasteiger partial charge in [-0.1, -0.05) is 11.6 Å². The van der Waals surface area contributed by atoms with Crippen molar-refractivity contribution < 1.29 is 22.3 Å². The number of nitrogens with zero attached hydrogens (tertiary/aromatic N) is 1. The fraction of sp³-hybridized carbons (Fsp3) is 0.417. The lowest BCUT2D eigenvalue weighted by Gasteiger charge is -2.18. The lowest BCUT2D eigenvalue weighted by atomic mass is 10.2. The number of nitrogens with two attached hydrogens (primary N) is 1. The standard InChI is InChI=1S/C12H16ClFN2O4S/c1-16(4-3-5-20-2)12(17)9-6-8(21(15,18)19)7-10(14)11(9)13/h6-7H,3-5H2,1-2H3,(H2,15,18,19). The molecule has 0 saturated heterocycles. The minimum absolute atomic E-state index is 0.249. The first-order valence-corrected chi connectivity index (χ1v) is 7.87. The van der Waals surface area contributed by atoms with E-state index in [4.69, 9.17) is 21.5 Å². The zero-order valence-electron chi connectivity index (χ0n) is 11.6. The van der Waals surface area contributed by atoms with E-state index in [2.05, 4.69) is 0 Å². The summed E-state index contributed by atoms with van der Waals surface area (Å²) in [6, 6.07) is 1.65. The number of carbonyl (C=O) groups is 1. The Bertz CT molecular complexity index is 636. The van der Waals surface area contributed by atoms with Crippen LogP contribution in [-0.2, 0) is 14.8 Å². The van der Waals surface area contributed by atoms with Crippen molar-refractivity contribution in [3.05, 3.63) is 28.5 Å². The summed E-state index contributed by atoms with van der Waals surface area (Å²) < 4.78 is 41.1. The molecule has 0 aliphatic rings. The molecule has 0 saturated carbocycles. The number of rotatable bonds is 6. The van der Waals surface area contributed by atoms with Crippen LogP contribution in [0.3, 0.4) is 0 Å². The van der Waals surface area contributed by atoms with Gasteiger partial charge < -0.3 is 9.64 Å². The van der Waals surface area contributed by atoms with Crippen molar-refractivity contribution >= 4 is 27.5 Å². The van der Waals surface area contributed by atoms with Crippen molar-refractivity contribution in [3.8, 4) is 0 Å². The van der Waals surface area contributed by atoms with Gasteiger partial charge in [0, 0.05) is 27.3 Å². The second kappa shape index (κ2) is 7.17. The number of sulfonamides is 1. The van der Waals surface area contributed by atoms with Crippen LogP contribution in [0.1, 0.15) is 16.8 Å². The number of ether oxygens (including phenoxy) is 1. The lowest BCUT2D eigenvalue weighted by Crippen LogP contribution is -2.29. The molecule has 118 valence electrons. The molecule has 9 heteroatoms. The normalized spacial score (nSPS) is 11.5. The molecule has 0 unspecified atom stereocenters. The van der Waals surface area contributed by atoms with E-state index < -0.39 is 31.7 Å². The Morgan fingerprint density at radius 3 is 2.62 bits per heavy atom. The van der Waals surface area contributed by atoms with E-state index in [0.29, 0.717) is 25.6 Å². The van der Waals surface area contributed by atoms with Gasteiger partial charge in [0.2, 0.25) is 10.0 Å². The number of hydrogen-bond acceptors (Lipinski definition) is 4. The van der Waals surface area contributed by atoms with E-state index in [-0.39, 0.29) is 5.56 Å². The number of amides is 1. The average molecular weight is 339 g/mol. The van der Waals surface area contributed by atoms with Gasteiger partial charge in [0.1, 0.15) is 5.82 Å². The third kappa shape index (κ3) is 4.63. The summed E-state index contributed by atoms with van der Waals surface area (Å²) in [6.45, 7) is 0.807. The molecule has 0 bridgehead atoms. The Morgan fingerprint density at radius 1 is 1.48 bits per heavy atom. The summed E-state index contributed by atoms with van der Waals surface area (Å²) in [7, 11) is -1.11. The molecular formula is C12H16ClFN2O4S. The SMILES string of the molecule is COCCCN(C)C(=O)c1cc(S(N)(=O)=O)cc(F)c1Cl. The predicted molar refractivity (Wildman–Crippen MR) is 76.2 cm³/mol. The number of hydrogen-bond donors (Lipinski definition) is 1. The van der Waals surface area contributed by atoms with Crippen LogP contribution in [0.4, 0.5) is 4.39 Å². The Kier molecular flexibility index (Phi) is 6.09. The fourth-order valence-electron chi connectivity index (χ4n) is 1.64. The highest BCUT2D eigenvalue weighted by molar-refractivity contribution is 7.89. The third-order valence-corrected chi connectivity index (χ3v) is 4.03. The average Bonchev–Trinajstić information content (AvgIpc) is 2.39. The van der Waals surface area contributed by atoms with Crippen LogP contribution < -0.4 is 5.14 Å². The van der Waals surface area contributed by atoms with Gasteiger partial charge in [0.05, 0.1) is 15.5 Å². The van der Waals surface area contributed by atoms with Crippen LogP contribution in [-0.4, -0.2) is 46.5 Å². The highest BCUT2D eigenvalue weighted by Crippen LogP contribution is 2.25. The Labute approximate surface area is 127 Å². The maximum Gasteiger partial charge on any atom is 0.255 e. The summed E-state index contributed by atoms with van der Waals surface area (Å²) in [5.41, 5.74) is -0.249. The molecule has 1 amide bonds. The van der Waals surface area contributed by atoms with E-state index in [0.717, 1.165) is 6.07 Å². The summed E-state index contributed by atoms with van der Waals surface area (Å²) in [6.07, 6.45) is 0.577. The van der Waals surface area contributed by atoms with Crippen LogP contribution in [0.15, 0.2) is 17.0 Å². The minimum atomic E-state index is -4.13. The first-order chi connectivity index (χ1) is 9.68. The lowest BCUT2D eigenvalue weighted by molar-refractivity contribution is 0.0779. The van der Waals surface area contributed by atoms with Crippen molar-refractivity contribution in [3.63, 3.8) is 0 Å². The maximum atomic E-state index is 13.7. The molecule has 2 N–H and O–H groups in total. The quantitative estimate of drug-likeness (QED) is 0.790. The molecule has 0 heterocycles. The van der Waals surface area contributed by atoms with Crippen LogP contribution in [0.2, 0.25) is 5.02 Å². The molecule has 0 aliphatic carbocycles. The molecule has 0 radical (unpaired) electrons. The van der Waals surface area contributed by atoms with E-state index in [1.54, 1.807) is 0 Å². The second-order valence-corrected chi connectivity index (χ2v) is 6.32. The third-order valence-electron chi connectivity index (χ3n) is 2.75. The van der Waals surface area contributed by atoms with Crippen molar-refractivity contribution in [2.24, 2.45) is 5.14 Å². The minimum Gasteiger partial charge on any atom is -0.385 e. The molecule has 0 aliphatic heterocycles. The molecule has 1 aromatic carbocycles. The molecule has 21 heavy (non-hydrogen) atoms. The first-order valence-electron chi connectivity index (χ1n) is 5.94. The molecule has 0 fully saturated rings. The molecule has 1 rings (SSSR count). The highest BCUT2D eigenvalue weighted by atomic mass is 35.5. The molecule has 0 atom stereocenters. The summed E-state index contributed by atoms with van der Waals surface area (Å²) >= 11 is 5.73. The van der Waals surface area contributed by atoms with Gasteiger partial charge >= 0.3 is 0 Å². The number of halogens is 2. The summed E-state index contributed by atoms with van der Waals surface area (Å²) in [4.78, 5) is 13.0. The number of carbonyl (C=O) groups excluding carboxylic acids is 1. The van der Waals surface area contributed by atoms with Crippen LogP contribution in [0.25, 0.3) is 0 Å². The number of benzene rings is 1. The largest absolute Gasteiger partial charge is 0.385 e. The zero-order chi connectivity index (χ0) is 16.2. The van der Waals surface area contributed by atoms with Gasteiger partial charge in [-0.2, -0.15) is 0 Å². The van der Waals surface area contributed by atoms with E-state index >= 15 is 0 Å². The number of primary sulfonamides is 1. The molecular weight excluding hydrogens is 323 g/mol.